The van der Waals surface area contributed by atoms with Gasteiger partial charge in [-0.1, -0.05) is 30.3 Å². The highest BCUT2D eigenvalue weighted by molar-refractivity contribution is 8.31. The summed E-state index contributed by atoms with van der Waals surface area (Å²) >= 11 is 0. The van der Waals surface area contributed by atoms with Gasteiger partial charge in [-0.2, -0.15) is 8.42 Å². The summed E-state index contributed by atoms with van der Waals surface area (Å²) in [5, 5.41) is 7.01. The van der Waals surface area contributed by atoms with Crippen LogP contribution in [0.1, 0.15) is 5.56 Å². The summed E-state index contributed by atoms with van der Waals surface area (Å²) in [4.78, 5) is 0. The van der Waals surface area contributed by atoms with E-state index in [-0.39, 0.29) is 5.84 Å². The molecule has 78 valence electrons. The molecule has 0 aromatic heterocycles. The summed E-state index contributed by atoms with van der Waals surface area (Å²) in [7, 11) is 4.81. The molecule has 1 aromatic rings. The normalized spacial score (nSPS) is 9.86. The molecular weight excluding hydrogens is 247 g/mol. The van der Waals surface area contributed by atoms with Crippen molar-refractivity contribution in [2.24, 2.45) is 5.73 Å². The third-order valence-corrected chi connectivity index (χ3v) is 1.08. The van der Waals surface area contributed by atoms with Gasteiger partial charge in [0.05, 0.1) is 0 Å². The fourth-order valence-electron chi connectivity index (χ4n) is 0.618. The maximum absolute atomic E-state index is 9.16. The summed E-state index contributed by atoms with van der Waals surface area (Å²) in [6.07, 6.45) is 0. The summed E-state index contributed by atoms with van der Waals surface area (Å²) < 4.78 is 18.3. The van der Waals surface area contributed by atoms with Gasteiger partial charge < -0.3 is 5.73 Å². The Balaban J connectivity index is 0.000000292. The number of amidine groups is 1. The first-order valence-corrected chi connectivity index (χ1v) is 6.48. The van der Waals surface area contributed by atoms with E-state index in [1.807, 2.05) is 30.3 Å². The molecule has 0 aliphatic heterocycles. The average Bonchev–Trinajstić information content (AvgIpc) is 2.03. The summed E-state index contributed by atoms with van der Waals surface area (Å²) in [6, 6.07) is 9.23. The predicted molar refractivity (Wildman–Crippen MR) is 58.1 cm³/mol. The van der Waals surface area contributed by atoms with Crippen LogP contribution >= 0.6 is 21.4 Å². The second kappa shape index (κ2) is 5.85. The van der Waals surface area contributed by atoms with Gasteiger partial charge in [0.2, 0.25) is 0 Å². The average molecular weight is 255 g/mol. The highest BCUT2D eigenvalue weighted by atomic mass is 36.0. The maximum atomic E-state index is 9.16. The van der Waals surface area contributed by atoms with Gasteiger partial charge >= 0.3 is 8.26 Å². The Bertz CT molecular complexity index is 383. The number of nitrogens with two attached hydrogens (primary N) is 1. The smallest absolute Gasteiger partial charge is 0.317 e. The van der Waals surface area contributed by atoms with E-state index in [4.69, 9.17) is 19.6 Å². The van der Waals surface area contributed by atoms with E-state index in [2.05, 4.69) is 21.4 Å². The summed E-state index contributed by atoms with van der Waals surface area (Å²) in [6.45, 7) is 0. The Hall–Kier alpha value is -0.780. The molecule has 0 heterocycles. The van der Waals surface area contributed by atoms with Crippen molar-refractivity contribution in [3.63, 3.8) is 0 Å². The van der Waals surface area contributed by atoms with Crippen LogP contribution in [0.3, 0.4) is 0 Å². The zero-order chi connectivity index (χ0) is 11.2. The number of rotatable bonds is 1. The van der Waals surface area contributed by atoms with Gasteiger partial charge in [0, 0.05) is 26.9 Å². The lowest BCUT2D eigenvalue weighted by atomic mass is 10.2. The van der Waals surface area contributed by atoms with Crippen molar-refractivity contribution in [2.45, 2.75) is 0 Å². The molecule has 0 saturated heterocycles. The quantitative estimate of drug-likeness (QED) is 0.455. The highest BCUT2D eigenvalue weighted by Gasteiger charge is 1.89. The molecule has 0 aliphatic carbocycles. The van der Waals surface area contributed by atoms with Crippen LogP contribution in [0.5, 0.6) is 0 Å². The number of nitrogens with one attached hydrogen (secondary N) is 1. The summed E-state index contributed by atoms with van der Waals surface area (Å²) in [5.74, 6) is 0.121. The van der Waals surface area contributed by atoms with Crippen LogP contribution < -0.4 is 5.73 Å². The number of halogens is 2. The number of hydrogen-bond donors (Lipinski definition) is 2. The molecule has 0 amide bonds. The van der Waals surface area contributed by atoms with Gasteiger partial charge in [-0.3, -0.25) is 5.41 Å². The molecule has 0 radical (unpaired) electrons. The van der Waals surface area contributed by atoms with Gasteiger partial charge in [-0.05, 0) is 0 Å². The Kier molecular flexibility index (Phi) is 5.52. The van der Waals surface area contributed by atoms with Gasteiger partial charge in [0.1, 0.15) is 5.84 Å². The second-order valence-electron chi connectivity index (χ2n) is 2.16. The standard InChI is InChI=1S/C7H8N2.Cl2O2S/c8-7(9)6-4-2-1-3-5-6;1-5(2,3)4/h1-5H,(H3,8,9);. The van der Waals surface area contributed by atoms with Crippen molar-refractivity contribution >= 4 is 35.5 Å². The molecule has 14 heavy (non-hydrogen) atoms. The number of hydrogen-bond acceptors (Lipinski definition) is 3. The van der Waals surface area contributed by atoms with Crippen LogP contribution in [0.25, 0.3) is 0 Å². The Labute approximate surface area is 91.1 Å². The van der Waals surface area contributed by atoms with Crippen molar-refractivity contribution in [1.29, 1.82) is 5.41 Å². The molecule has 3 N–H and O–H groups in total. The first kappa shape index (κ1) is 13.2. The number of benzene rings is 1. The molecule has 0 saturated carbocycles. The SMILES string of the molecule is N=C(N)c1ccccc1.O=S(=O)(Cl)Cl. The van der Waals surface area contributed by atoms with Crippen LogP contribution in [0.2, 0.25) is 0 Å². The van der Waals surface area contributed by atoms with Crippen molar-refractivity contribution in [1.82, 2.24) is 0 Å². The van der Waals surface area contributed by atoms with E-state index in [0.717, 1.165) is 5.56 Å². The molecule has 1 aromatic carbocycles. The first-order chi connectivity index (χ1) is 6.30. The van der Waals surface area contributed by atoms with Crippen molar-refractivity contribution in [2.75, 3.05) is 0 Å². The van der Waals surface area contributed by atoms with Gasteiger partial charge in [-0.15, -0.1) is 0 Å². The fraction of sp³-hybridized carbons (Fsp3) is 0. The Morgan fingerprint density at radius 2 is 1.57 bits per heavy atom. The predicted octanol–water partition coefficient (Wildman–Crippen LogP) is 1.68. The van der Waals surface area contributed by atoms with E-state index in [1.54, 1.807) is 0 Å². The highest BCUT2D eigenvalue weighted by Crippen LogP contribution is 1.98. The van der Waals surface area contributed by atoms with Gasteiger partial charge in [-0.25, -0.2) is 0 Å². The second-order valence-corrected chi connectivity index (χ2v) is 5.83. The van der Waals surface area contributed by atoms with Crippen LogP contribution in [0, 0.1) is 5.41 Å². The lowest BCUT2D eigenvalue weighted by Crippen LogP contribution is -2.10. The Morgan fingerprint density at radius 3 is 1.79 bits per heavy atom. The minimum atomic E-state index is -3.72. The van der Waals surface area contributed by atoms with E-state index in [0.29, 0.717) is 0 Å². The minimum Gasteiger partial charge on any atom is -0.384 e. The first-order valence-electron chi connectivity index (χ1n) is 3.34. The largest absolute Gasteiger partial charge is 0.384 e. The molecule has 0 aliphatic rings. The molecular formula is C7H8Cl2N2O2S. The van der Waals surface area contributed by atoms with Crippen molar-refractivity contribution in [3.05, 3.63) is 35.9 Å². The molecule has 0 fully saturated rings. The third kappa shape index (κ3) is 9.31. The van der Waals surface area contributed by atoms with Crippen LogP contribution in [-0.2, 0) is 8.26 Å². The summed E-state index contributed by atoms with van der Waals surface area (Å²) in [5.41, 5.74) is 5.97. The van der Waals surface area contributed by atoms with E-state index in [9.17, 15) is 0 Å². The zero-order valence-electron chi connectivity index (χ0n) is 6.94. The fourth-order valence-corrected chi connectivity index (χ4v) is 0.618. The van der Waals surface area contributed by atoms with Crippen molar-refractivity contribution in [3.8, 4) is 0 Å². The molecule has 7 heteroatoms. The molecule has 0 unspecified atom stereocenters. The molecule has 4 nitrogen and oxygen atoms in total. The molecule has 0 atom stereocenters. The van der Waals surface area contributed by atoms with E-state index in [1.165, 1.54) is 0 Å². The monoisotopic (exact) mass is 254 g/mol. The topological polar surface area (TPSA) is 84.0 Å². The van der Waals surface area contributed by atoms with Crippen LogP contribution in [-0.4, -0.2) is 14.3 Å². The van der Waals surface area contributed by atoms with Gasteiger partial charge in [0.15, 0.2) is 0 Å². The van der Waals surface area contributed by atoms with Crippen LogP contribution in [0.15, 0.2) is 30.3 Å². The lowest BCUT2D eigenvalue weighted by molar-refractivity contribution is 0.621. The maximum Gasteiger partial charge on any atom is 0.317 e. The lowest BCUT2D eigenvalue weighted by Gasteiger charge is -1.93. The number of nitrogen functional groups attached to an aromatic ring is 1. The molecule has 0 spiro atoms. The van der Waals surface area contributed by atoms with E-state index >= 15 is 0 Å². The van der Waals surface area contributed by atoms with Gasteiger partial charge in [0.25, 0.3) is 0 Å². The van der Waals surface area contributed by atoms with Crippen LogP contribution in [0.4, 0.5) is 0 Å². The Morgan fingerprint density at radius 1 is 1.21 bits per heavy atom. The third-order valence-electron chi connectivity index (χ3n) is 1.08. The van der Waals surface area contributed by atoms with E-state index < -0.39 is 8.26 Å². The molecule has 1 rings (SSSR count). The molecule has 0 bridgehead atoms. The minimum absolute atomic E-state index is 0.121. The zero-order valence-corrected chi connectivity index (χ0v) is 9.27. The van der Waals surface area contributed by atoms with Crippen molar-refractivity contribution < 1.29 is 8.42 Å².